The Labute approximate surface area is 188 Å². The summed E-state index contributed by atoms with van der Waals surface area (Å²) >= 11 is 0. The van der Waals surface area contributed by atoms with E-state index in [9.17, 15) is 31.2 Å². The molecule has 7 nitrogen and oxygen atoms in total. The number of ether oxygens (including phenoxy) is 2. The van der Waals surface area contributed by atoms with Crippen LogP contribution in [0.15, 0.2) is 47.5 Å². The van der Waals surface area contributed by atoms with Crippen LogP contribution in [-0.2, 0) is 35.1 Å². The van der Waals surface area contributed by atoms with Gasteiger partial charge in [0.15, 0.2) is 15.3 Å². The lowest BCUT2D eigenvalue weighted by Gasteiger charge is -2.23. The number of carbonyl (C=O) groups is 2. The normalized spacial score (nSPS) is 15.9. The van der Waals surface area contributed by atoms with Crippen molar-refractivity contribution in [3.05, 3.63) is 59.4 Å². The van der Waals surface area contributed by atoms with E-state index in [1.807, 2.05) is 0 Å². The molecule has 176 valence electrons. The second kappa shape index (κ2) is 8.62. The Hall–Kier alpha value is -3.21. The van der Waals surface area contributed by atoms with Crippen LogP contribution in [0.5, 0.6) is 0 Å². The number of methoxy groups -OCH3 is 2. The molecular weight excluding hydrogens is 463 g/mol. The summed E-state index contributed by atoms with van der Waals surface area (Å²) in [4.78, 5) is 28.9. The maximum atomic E-state index is 13.0. The molecule has 0 N–H and O–H groups in total. The van der Waals surface area contributed by atoms with E-state index < -0.39 is 39.1 Å². The maximum Gasteiger partial charge on any atom is 0.433 e. The lowest BCUT2D eigenvalue weighted by atomic mass is 9.82. The summed E-state index contributed by atoms with van der Waals surface area (Å²) in [5.74, 6) is -1.70. The Morgan fingerprint density at radius 1 is 0.909 bits per heavy atom. The van der Waals surface area contributed by atoms with E-state index in [2.05, 4.69) is 4.98 Å². The number of aromatic nitrogens is 1. The molecule has 11 heteroatoms. The molecule has 2 aromatic rings. The number of halogens is 3. The molecule has 0 saturated heterocycles. The highest BCUT2D eigenvalue weighted by Crippen LogP contribution is 2.51. The van der Waals surface area contributed by atoms with Gasteiger partial charge in [0.2, 0.25) is 0 Å². The Morgan fingerprint density at radius 3 is 1.79 bits per heavy atom. The number of hydrogen-bond acceptors (Lipinski definition) is 7. The number of esters is 2. The van der Waals surface area contributed by atoms with Crippen LogP contribution in [0.1, 0.15) is 29.7 Å². The lowest BCUT2D eigenvalue weighted by molar-refractivity contribution is -0.168. The van der Waals surface area contributed by atoms with Crippen molar-refractivity contribution in [2.24, 2.45) is 5.41 Å². The van der Waals surface area contributed by atoms with Gasteiger partial charge >= 0.3 is 18.1 Å². The molecule has 0 unspecified atom stereocenters. The van der Waals surface area contributed by atoms with E-state index in [0.717, 1.165) is 32.7 Å². The van der Waals surface area contributed by atoms with E-state index in [0.29, 0.717) is 16.7 Å². The standard InChI is InChI=1S/C22H20F3NO6S/c1-31-19(27)21(20(28)32-2)10-16(13-4-7-15(8-5-13)33(3,29)30)17(11-21)14-6-9-18(26-12-14)22(23,24)25/h4-9,12H,10-11H2,1-3H3. The van der Waals surface area contributed by atoms with Crippen LogP contribution >= 0.6 is 0 Å². The average Bonchev–Trinajstić information content (AvgIpc) is 3.19. The first-order valence-electron chi connectivity index (χ1n) is 9.56. The summed E-state index contributed by atoms with van der Waals surface area (Å²) in [5, 5.41) is 0. The highest BCUT2D eigenvalue weighted by molar-refractivity contribution is 7.90. The third-order valence-electron chi connectivity index (χ3n) is 5.51. The molecule has 0 saturated carbocycles. The van der Waals surface area contributed by atoms with Crippen molar-refractivity contribution in [2.45, 2.75) is 23.9 Å². The summed E-state index contributed by atoms with van der Waals surface area (Å²) < 4.78 is 72.1. The molecule has 1 aliphatic carbocycles. The molecule has 1 aliphatic rings. The molecule has 1 aromatic heterocycles. The number of sulfone groups is 1. The van der Waals surface area contributed by atoms with Gasteiger partial charge in [-0.3, -0.25) is 14.6 Å². The van der Waals surface area contributed by atoms with E-state index in [1.165, 1.54) is 30.3 Å². The Balaban J connectivity index is 2.17. The predicted octanol–water partition coefficient (Wildman–Crippen LogP) is 3.54. The lowest BCUT2D eigenvalue weighted by Crippen LogP contribution is -2.39. The molecule has 1 aromatic carbocycles. The van der Waals surface area contributed by atoms with Crippen molar-refractivity contribution in [3.63, 3.8) is 0 Å². The second-order valence-corrected chi connectivity index (χ2v) is 9.62. The van der Waals surface area contributed by atoms with E-state index in [4.69, 9.17) is 9.47 Å². The number of hydrogen-bond donors (Lipinski definition) is 0. The molecule has 0 atom stereocenters. The van der Waals surface area contributed by atoms with E-state index >= 15 is 0 Å². The van der Waals surface area contributed by atoms with Gasteiger partial charge in [-0.1, -0.05) is 18.2 Å². The van der Waals surface area contributed by atoms with E-state index in [-0.39, 0.29) is 23.3 Å². The quantitative estimate of drug-likeness (QED) is 0.474. The summed E-state index contributed by atoms with van der Waals surface area (Å²) in [6, 6.07) is 7.78. The minimum absolute atomic E-state index is 0.0646. The maximum absolute atomic E-state index is 13.0. The summed E-state index contributed by atoms with van der Waals surface area (Å²) in [6.07, 6.45) is -2.90. The van der Waals surface area contributed by atoms with Crippen molar-refractivity contribution in [3.8, 4) is 0 Å². The topological polar surface area (TPSA) is 99.6 Å². The van der Waals surface area contributed by atoms with Gasteiger partial charge in [-0.15, -0.1) is 0 Å². The van der Waals surface area contributed by atoms with Crippen molar-refractivity contribution in [1.29, 1.82) is 0 Å². The van der Waals surface area contributed by atoms with Gasteiger partial charge in [0.05, 0.1) is 19.1 Å². The second-order valence-electron chi connectivity index (χ2n) is 7.60. The molecule has 3 rings (SSSR count). The van der Waals surface area contributed by atoms with Crippen molar-refractivity contribution in [2.75, 3.05) is 20.5 Å². The highest BCUT2D eigenvalue weighted by atomic mass is 32.2. The van der Waals surface area contributed by atoms with Crippen LogP contribution in [0.4, 0.5) is 13.2 Å². The minimum atomic E-state index is -4.63. The van der Waals surface area contributed by atoms with Gasteiger partial charge in [-0.05, 0) is 40.5 Å². The molecule has 0 amide bonds. The number of rotatable bonds is 5. The first kappa shape index (κ1) is 24.4. The fraction of sp³-hybridized carbons (Fsp3) is 0.318. The Kier molecular flexibility index (Phi) is 6.38. The van der Waals surface area contributed by atoms with Crippen molar-refractivity contribution >= 4 is 32.9 Å². The fourth-order valence-corrected chi connectivity index (χ4v) is 4.47. The van der Waals surface area contributed by atoms with E-state index in [1.54, 1.807) is 0 Å². The zero-order valence-corrected chi connectivity index (χ0v) is 18.7. The predicted molar refractivity (Wildman–Crippen MR) is 111 cm³/mol. The van der Waals surface area contributed by atoms with Gasteiger partial charge in [0, 0.05) is 25.3 Å². The largest absolute Gasteiger partial charge is 0.468 e. The Morgan fingerprint density at radius 2 is 1.39 bits per heavy atom. The molecule has 33 heavy (non-hydrogen) atoms. The summed E-state index contributed by atoms with van der Waals surface area (Å²) in [6.45, 7) is 0. The van der Waals surface area contributed by atoms with Crippen LogP contribution in [-0.4, -0.2) is 45.8 Å². The van der Waals surface area contributed by atoms with Crippen LogP contribution < -0.4 is 0 Å². The Bertz CT molecular complexity index is 1200. The first-order valence-corrected chi connectivity index (χ1v) is 11.5. The number of nitrogens with zero attached hydrogens (tertiary/aromatic N) is 1. The highest BCUT2D eigenvalue weighted by Gasteiger charge is 2.53. The molecule has 0 radical (unpaired) electrons. The number of carbonyl (C=O) groups excluding carboxylic acids is 2. The monoisotopic (exact) mass is 483 g/mol. The summed E-state index contributed by atoms with van der Waals surface area (Å²) in [7, 11) is -1.23. The molecule has 1 heterocycles. The van der Waals surface area contributed by atoms with Gasteiger partial charge in [0.1, 0.15) is 5.69 Å². The molecule has 0 spiro atoms. The molecular formula is C22H20F3NO6S. The SMILES string of the molecule is COC(=O)C1(C(=O)OC)CC(c2ccc(S(C)(=O)=O)cc2)=C(c2ccc(C(F)(F)F)nc2)C1. The van der Waals surface area contributed by atoms with Crippen molar-refractivity contribution in [1.82, 2.24) is 4.98 Å². The molecule has 0 fully saturated rings. The van der Waals surface area contributed by atoms with Gasteiger partial charge in [-0.25, -0.2) is 8.42 Å². The third kappa shape index (κ3) is 4.63. The third-order valence-corrected chi connectivity index (χ3v) is 6.64. The average molecular weight is 483 g/mol. The fourth-order valence-electron chi connectivity index (χ4n) is 3.84. The minimum Gasteiger partial charge on any atom is -0.468 e. The van der Waals surface area contributed by atoms with Crippen LogP contribution in [0.3, 0.4) is 0 Å². The number of allylic oxidation sites excluding steroid dienone is 2. The number of alkyl halides is 3. The smallest absolute Gasteiger partial charge is 0.433 e. The van der Waals surface area contributed by atoms with Gasteiger partial charge in [-0.2, -0.15) is 13.2 Å². The first-order chi connectivity index (χ1) is 15.3. The molecule has 0 aliphatic heterocycles. The zero-order chi connectivity index (χ0) is 24.6. The zero-order valence-electron chi connectivity index (χ0n) is 17.9. The molecule has 0 bridgehead atoms. The van der Waals surface area contributed by atoms with Gasteiger partial charge in [0.25, 0.3) is 0 Å². The van der Waals surface area contributed by atoms with Crippen LogP contribution in [0.2, 0.25) is 0 Å². The van der Waals surface area contributed by atoms with Crippen LogP contribution in [0, 0.1) is 5.41 Å². The van der Waals surface area contributed by atoms with Crippen molar-refractivity contribution < 1.29 is 40.7 Å². The number of benzene rings is 1. The number of pyridine rings is 1. The summed E-state index contributed by atoms with van der Waals surface area (Å²) in [5.41, 5.74) is -1.19. The van der Waals surface area contributed by atoms with Gasteiger partial charge < -0.3 is 9.47 Å². The van der Waals surface area contributed by atoms with Crippen LogP contribution in [0.25, 0.3) is 11.1 Å².